The second kappa shape index (κ2) is 9.30. The van der Waals surface area contributed by atoms with Crippen LogP contribution in [-0.2, 0) is 0 Å². The molecule has 1 aromatic rings. The number of hydrogen-bond acceptors (Lipinski definition) is 7. The Labute approximate surface area is 120 Å². The van der Waals surface area contributed by atoms with E-state index in [-0.39, 0.29) is 6.61 Å². The van der Waals surface area contributed by atoms with Crippen LogP contribution < -0.4 is 15.4 Å². The van der Waals surface area contributed by atoms with Gasteiger partial charge in [-0.3, -0.25) is 0 Å². The number of aromatic nitrogens is 3. The minimum Gasteiger partial charge on any atom is -0.467 e. The van der Waals surface area contributed by atoms with Crippen molar-refractivity contribution in [3.63, 3.8) is 0 Å². The number of hydrogen-bond donors (Lipinski definition) is 3. The zero-order valence-electron chi connectivity index (χ0n) is 12.5. The van der Waals surface area contributed by atoms with E-state index in [0.717, 1.165) is 32.4 Å². The highest BCUT2D eigenvalue weighted by Gasteiger charge is 2.06. The van der Waals surface area contributed by atoms with Crippen molar-refractivity contribution in [1.82, 2.24) is 15.0 Å². The monoisotopic (exact) mass is 283 g/mol. The van der Waals surface area contributed by atoms with Crippen LogP contribution in [0.4, 0.5) is 11.9 Å². The van der Waals surface area contributed by atoms with E-state index in [9.17, 15) is 0 Å². The molecule has 1 atom stereocenters. The van der Waals surface area contributed by atoms with Crippen LogP contribution in [0.5, 0.6) is 6.01 Å². The van der Waals surface area contributed by atoms with Crippen molar-refractivity contribution in [3.8, 4) is 6.01 Å². The fourth-order valence-electron chi connectivity index (χ4n) is 1.58. The molecule has 114 valence electrons. The van der Waals surface area contributed by atoms with Gasteiger partial charge in [0.05, 0.1) is 7.11 Å². The Bertz CT molecular complexity index is 389. The van der Waals surface area contributed by atoms with Gasteiger partial charge >= 0.3 is 6.01 Å². The van der Waals surface area contributed by atoms with E-state index in [1.807, 2.05) is 6.92 Å². The van der Waals surface area contributed by atoms with Crippen LogP contribution in [0, 0.1) is 5.92 Å². The van der Waals surface area contributed by atoms with Crippen molar-refractivity contribution in [2.24, 2.45) is 5.92 Å². The fourth-order valence-corrected chi connectivity index (χ4v) is 1.58. The summed E-state index contributed by atoms with van der Waals surface area (Å²) in [6.07, 6.45) is 2.91. The lowest BCUT2D eigenvalue weighted by Crippen LogP contribution is -2.12. The van der Waals surface area contributed by atoms with Gasteiger partial charge in [0.1, 0.15) is 0 Å². The molecule has 1 rings (SSSR count). The molecular formula is C13H25N5O2. The second-order valence-electron chi connectivity index (χ2n) is 4.75. The van der Waals surface area contributed by atoms with Crippen LogP contribution in [0.25, 0.3) is 0 Å². The molecule has 7 heteroatoms. The Balaban J connectivity index is 2.50. The quantitative estimate of drug-likeness (QED) is 0.561. The van der Waals surface area contributed by atoms with Crippen LogP contribution in [-0.4, -0.2) is 46.9 Å². The molecule has 0 aliphatic heterocycles. The van der Waals surface area contributed by atoms with Crippen molar-refractivity contribution in [2.75, 3.05) is 37.4 Å². The number of ether oxygens (including phenoxy) is 1. The fraction of sp³-hybridized carbons (Fsp3) is 0.769. The molecule has 7 nitrogen and oxygen atoms in total. The van der Waals surface area contributed by atoms with Gasteiger partial charge in [-0.1, -0.05) is 13.8 Å². The lowest BCUT2D eigenvalue weighted by Gasteiger charge is -2.10. The van der Waals surface area contributed by atoms with Crippen LogP contribution in [0.3, 0.4) is 0 Å². The zero-order valence-corrected chi connectivity index (χ0v) is 12.5. The first-order valence-corrected chi connectivity index (χ1v) is 7.08. The van der Waals surface area contributed by atoms with Crippen LogP contribution >= 0.6 is 0 Å². The van der Waals surface area contributed by atoms with E-state index in [1.165, 1.54) is 7.11 Å². The van der Waals surface area contributed by atoms with E-state index in [0.29, 0.717) is 23.8 Å². The number of aliphatic hydroxyl groups excluding tert-OH is 1. The van der Waals surface area contributed by atoms with Crippen LogP contribution in [0.1, 0.15) is 33.1 Å². The molecule has 0 aliphatic rings. The first kappa shape index (κ1) is 16.4. The molecule has 0 radical (unpaired) electrons. The molecule has 0 fully saturated rings. The molecule has 1 heterocycles. The lowest BCUT2D eigenvalue weighted by atomic mass is 10.1. The van der Waals surface area contributed by atoms with Crippen LogP contribution in [0.2, 0.25) is 0 Å². The van der Waals surface area contributed by atoms with Gasteiger partial charge in [-0.25, -0.2) is 0 Å². The summed E-state index contributed by atoms with van der Waals surface area (Å²) in [6, 6.07) is 0.296. The minimum absolute atomic E-state index is 0.227. The summed E-state index contributed by atoms with van der Waals surface area (Å²) >= 11 is 0. The van der Waals surface area contributed by atoms with Gasteiger partial charge in [-0.15, -0.1) is 0 Å². The van der Waals surface area contributed by atoms with E-state index in [1.54, 1.807) is 0 Å². The lowest BCUT2D eigenvalue weighted by molar-refractivity contribution is 0.229. The summed E-state index contributed by atoms with van der Waals surface area (Å²) in [7, 11) is 1.53. The first-order chi connectivity index (χ1) is 9.69. The predicted octanol–water partition coefficient (Wildman–Crippen LogP) is 1.52. The maximum atomic E-state index is 8.96. The topological polar surface area (TPSA) is 92.2 Å². The number of rotatable bonds is 10. The van der Waals surface area contributed by atoms with Crippen molar-refractivity contribution in [3.05, 3.63) is 0 Å². The summed E-state index contributed by atoms with van der Waals surface area (Å²) in [5, 5.41) is 15.2. The molecule has 0 saturated carbocycles. The standard InChI is InChI=1S/C13H25N5O2/c1-4-7-14-11-16-12(18-13(17-11)20-3)15-8-5-6-10(2)9-19/h10,19H,4-9H2,1-3H3,(H2,14,15,16,17,18). The van der Waals surface area contributed by atoms with Crippen molar-refractivity contribution < 1.29 is 9.84 Å². The number of anilines is 2. The third kappa shape index (κ3) is 6.01. The van der Waals surface area contributed by atoms with Gasteiger partial charge in [0.25, 0.3) is 0 Å². The summed E-state index contributed by atoms with van der Waals surface area (Å²) in [5.41, 5.74) is 0. The molecule has 0 amide bonds. The average molecular weight is 283 g/mol. The van der Waals surface area contributed by atoms with Crippen LogP contribution in [0.15, 0.2) is 0 Å². The highest BCUT2D eigenvalue weighted by molar-refractivity contribution is 5.35. The van der Waals surface area contributed by atoms with Crippen molar-refractivity contribution in [1.29, 1.82) is 0 Å². The maximum Gasteiger partial charge on any atom is 0.322 e. The molecule has 0 aliphatic carbocycles. The molecule has 1 aromatic heterocycles. The summed E-state index contributed by atoms with van der Waals surface area (Å²) in [6.45, 7) is 5.89. The number of aliphatic hydroxyl groups is 1. The van der Waals surface area contributed by atoms with Crippen molar-refractivity contribution >= 4 is 11.9 Å². The molecule has 0 saturated heterocycles. The Hall–Kier alpha value is -1.63. The van der Waals surface area contributed by atoms with Crippen molar-refractivity contribution in [2.45, 2.75) is 33.1 Å². The van der Waals surface area contributed by atoms with Gasteiger partial charge in [0.15, 0.2) is 0 Å². The molecular weight excluding hydrogens is 258 g/mol. The van der Waals surface area contributed by atoms with E-state index in [2.05, 4.69) is 32.5 Å². The number of nitrogens with zero attached hydrogens (tertiary/aromatic N) is 3. The smallest absolute Gasteiger partial charge is 0.322 e. The molecule has 1 unspecified atom stereocenters. The van der Waals surface area contributed by atoms with E-state index < -0.39 is 0 Å². The third-order valence-corrected chi connectivity index (χ3v) is 2.80. The third-order valence-electron chi connectivity index (χ3n) is 2.80. The summed E-state index contributed by atoms with van der Waals surface area (Å²) in [5.74, 6) is 1.35. The van der Waals surface area contributed by atoms with Gasteiger partial charge in [0.2, 0.25) is 11.9 Å². The largest absolute Gasteiger partial charge is 0.467 e. The Morgan fingerprint density at radius 1 is 1.15 bits per heavy atom. The Morgan fingerprint density at radius 3 is 2.35 bits per heavy atom. The number of methoxy groups -OCH3 is 1. The van der Waals surface area contributed by atoms with Gasteiger partial charge < -0.3 is 20.5 Å². The first-order valence-electron chi connectivity index (χ1n) is 7.08. The SMILES string of the molecule is CCCNc1nc(NCCCC(C)CO)nc(OC)n1. The summed E-state index contributed by atoms with van der Waals surface area (Å²) < 4.78 is 5.06. The molecule has 20 heavy (non-hydrogen) atoms. The molecule has 0 aromatic carbocycles. The normalized spacial score (nSPS) is 12.0. The zero-order chi connectivity index (χ0) is 14.8. The van der Waals surface area contributed by atoms with Gasteiger partial charge in [0, 0.05) is 19.7 Å². The summed E-state index contributed by atoms with van der Waals surface area (Å²) in [4.78, 5) is 12.6. The Morgan fingerprint density at radius 2 is 1.80 bits per heavy atom. The molecule has 0 bridgehead atoms. The highest BCUT2D eigenvalue weighted by atomic mass is 16.5. The van der Waals surface area contributed by atoms with E-state index >= 15 is 0 Å². The van der Waals surface area contributed by atoms with Gasteiger partial charge in [-0.2, -0.15) is 15.0 Å². The van der Waals surface area contributed by atoms with E-state index in [4.69, 9.17) is 9.84 Å². The second-order valence-corrected chi connectivity index (χ2v) is 4.75. The average Bonchev–Trinajstić information content (AvgIpc) is 2.48. The number of nitrogens with one attached hydrogen (secondary N) is 2. The molecule has 3 N–H and O–H groups in total. The highest BCUT2D eigenvalue weighted by Crippen LogP contribution is 2.11. The predicted molar refractivity (Wildman–Crippen MR) is 79.1 cm³/mol. The van der Waals surface area contributed by atoms with Gasteiger partial charge in [-0.05, 0) is 25.2 Å². The Kier molecular flexibility index (Phi) is 7.64. The minimum atomic E-state index is 0.227. The maximum absolute atomic E-state index is 8.96. The molecule has 0 spiro atoms.